The highest BCUT2D eigenvalue weighted by molar-refractivity contribution is 7.89. The molecule has 0 spiro atoms. The Morgan fingerprint density at radius 1 is 1.12 bits per heavy atom. The van der Waals surface area contributed by atoms with Crippen LogP contribution in [0.4, 0.5) is 0 Å². The van der Waals surface area contributed by atoms with Gasteiger partial charge in [-0.05, 0) is 42.3 Å². The third-order valence-corrected chi connectivity index (χ3v) is 4.89. The van der Waals surface area contributed by atoms with Crippen molar-refractivity contribution in [3.8, 4) is 5.75 Å². The Morgan fingerprint density at radius 2 is 1.72 bits per heavy atom. The second kappa shape index (κ2) is 7.66. The van der Waals surface area contributed by atoms with Gasteiger partial charge in [0.2, 0.25) is 10.0 Å². The average Bonchev–Trinajstić information content (AvgIpc) is 2.51. The predicted molar refractivity (Wildman–Crippen MR) is 102 cm³/mol. The number of phenolic OH excluding ortho intramolecular Hbond substituents is 1. The smallest absolute Gasteiger partial charge is 0.209 e. The molecule has 8 heteroatoms. The van der Waals surface area contributed by atoms with Gasteiger partial charge in [-0.2, -0.15) is 0 Å². The fraction of sp³-hybridized carbons (Fsp3) is 0.176. The van der Waals surface area contributed by atoms with Crippen LogP contribution in [0.25, 0.3) is 5.57 Å². The number of sulfonamides is 1. The molecule has 0 atom stereocenters. The molecular weight excluding hydrogens is 383 g/mol. The lowest BCUT2D eigenvalue weighted by atomic mass is 9.93. The number of phenols is 1. The number of rotatable bonds is 5. The van der Waals surface area contributed by atoms with E-state index in [1.807, 2.05) is 0 Å². The SMILES string of the molecule is Cc1cc(Cl)cc(C(=C(N)CCS(N)(=O)=O)c2ccc(Cl)cc2)c1O. The lowest BCUT2D eigenvalue weighted by Gasteiger charge is -2.16. The van der Waals surface area contributed by atoms with Crippen molar-refractivity contribution in [2.24, 2.45) is 10.9 Å². The number of halogens is 2. The second-order valence-corrected chi connectivity index (χ2v) is 8.25. The zero-order chi connectivity index (χ0) is 18.8. The number of benzene rings is 2. The lowest BCUT2D eigenvalue weighted by molar-refractivity contribution is 0.469. The summed E-state index contributed by atoms with van der Waals surface area (Å²) in [4.78, 5) is 0. The molecule has 0 unspecified atom stereocenters. The van der Waals surface area contributed by atoms with Crippen LogP contribution >= 0.6 is 23.2 Å². The second-order valence-electron chi connectivity index (χ2n) is 5.64. The van der Waals surface area contributed by atoms with E-state index in [0.717, 1.165) is 0 Å². The molecule has 0 radical (unpaired) electrons. The predicted octanol–water partition coefficient (Wildman–Crippen LogP) is 3.40. The van der Waals surface area contributed by atoms with Gasteiger partial charge in [-0.1, -0.05) is 35.3 Å². The summed E-state index contributed by atoms with van der Waals surface area (Å²) in [5, 5.41) is 16.5. The molecule has 134 valence electrons. The first kappa shape index (κ1) is 19.6. The van der Waals surface area contributed by atoms with E-state index in [9.17, 15) is 13.5 Å². The van der Waals surface area contributed by atoms with Crippen LogP contribution in [0, 0.1) is 6.92 Å². The molecular formula is C17H18Cl2N2O3S. The van der Waals surface area contributed by atoms with Crippen molar-refractivity contribution < 1.29 is 13.5 Å². The van der Waals surface area contributed by atoms with Gasteiger partial charge in [-0.25, -0.2) is 13.6 Å². The molecule has 25 heavy (non-hydrogen) atoms. The van der Waals surface area contributed by atoms with Crippen molar-refractivity contribution in [2.45, 2.75) is 13.3 Å². The summed E-state index contributed by atoms with van der Waals surface area (Å²) < 4.78 is 22.5. The van der Waals surface area contributed by atoms with Crippen molar-refractivity contribution in [3.05, 3.63) is 68.8 Å². The number of aromatic hydroxyl groups is 1. The van der Waals surface area contributed by atoms with Crippen molar-refractivity contribution in [1.82, 2.24) is 0 Å². The molecule has 2 aromatic rings. The molecule has 2 aromatic carbocycles. The van der Waals surface area contributed by atoms with Crippen LogP contribution in [0.1, 0.15) is 23.1 Å². The standard InChI is InChI=1S/C17H18Cl2N2O3S/c1-10-8-13(19)9-14(17(10)22)16(11-2-4-12(18)5-3-11)15(20)6-7-25(21,23)24/h2-5,8-9,22H,6-7,20H2,1H3,(H2,21,23,24). The Balaban J connectivity index is 2.66. The highest BCUT2D eigenvalue weighted by atomic mass is 35.5. The van der Waals surface area contributed by atoms with Gasteiger partial charge in [0.1, 0.15) is 5.75 Å². The van der Waals surface area contributed by atoms with Gasteiger partial charge < -0.3 is 10.8 Å². The van der Waals surface area contributed by atoms with E-state index in [1.54, 1.807) is 43.3 Å². The van der Waals surface area contributed by atoms with E-state index in [2.05, 4.69) is 0 Å². The summed E-state index contributed by atoms with van der Waals surface area (Å²) in [7, 11) is -3.67. The zero-order valence-corrected chi connectivity index (χ0v) is 15.8. The summed E-state index contributed by atoms with van der Waals surface area (Å²) in [5.74, 6) is -0.288. The number of hydrogen-bond acceptors (Lipinski definition) is 4. The fourth-order valence-electron chi connectivity index (χ4n) is 2.43. The molecule has 0 saturated heterocycles. The van der Waals surface area contributed by atoms with E-state index in [4.69, 9.17) is 34.1 Å². The van der Waals surface area contributed by atoms with Gasteiger partial charge >= 0.3 is 0 Å². The minimum Gasteiger partial charge on any atom is -0.507 e. The summed E-state index contributed by atoms with van der Waals surface area (Å²) in [6.45, 7) is 1.71. The molecule has 0 amide bonds. The first-order valence-electron chi connectivity index (χ1n) is 7.33. The van der Waals surface area contributed by atoms with Gasteiger partial charge in [0.15, 0.2) is 0 Å². The molecule has 0 aliphatic rings. The Kier molecular flexibility index (Phi) is 6.00. The largest absolute Gasteiger partial charge is 0.507 e. The molecule has 5 nitrogen and oxygen atoms in total. The molecule has 2 rings (SSSR count). The Morgan fingerprint density at radius 3 is 2.28 bits per heavy atom. The highest BCUT2D eigenvalue weighted by Crippen LogP contribution is 2.37. The van der Waals surface area contributed by atoms with E-state index in [1.165, 1.54) is 0 Å². The fourth-order valence-corrected chi connectivity index (χ4v) is 3.34. The van der Waals surface area contributed by atoms with E-state index >= 15 is 0 Å². The highest BCUT2D eigenvalue weighted by Gasteiger charge is 2.17. The third-order valence-electron chi connectivity index (χ3n) is 3.64. The van der Waals surface area contributed by atoms with Crippen LogP contribution in [0.3, 0.4) is 0 Å². The van der Waals surface area contributed by atoms with Crippen LogP contribution in [-0.2, 0) is 10.0 Å². The minimum atomic E-state index is -3.67. The Labute approximate surface area is 156 Å². The first-order valence-corrected chi connectivity index (χ1v) is 9.80. The van der Waals surface area contributed by atoms with Crippen LogP contribution in [0.15, 0.2) is 42.1 Å². The summed E-state index contributed by atoms with van der Waals surface area (Å²) in [6.07, 6.45) is 0.0157. The van der Waals surface area contributed by atoms with Crippen LogP contribution in [0.2, 0.25) is 10.0 Å². The number of hydrogen-bond donors (Lipinski definition) is 3. The quantitative estimate of drug-likeness (QED) is 0.714. The van der Waals surface area contributed by atoms with Crippen molar-refractivity contribution in [2.75, 3.05) is 5.75 Å². The minimum absolute atomic E-state index is 0.0157. The van der Waals surface area contributed by atoms with Crippen molar-refractivity contribution in [3.63, 3.8) is 0 Å². The molecule has 0 aromatic heterocycles. The molecule has 0 fully saturated rings. The zero-order valence-electron chi connectivity index (χ0n) is 13.5. The number of primary sulfonamides is 1. The maximum atomic E-state index is 11.3. The molecule has 0 heterocycles. The van der Waals surface area contributed by atoms with Gasteiger partial charge in [0.05, 0.1) is 5.75 Å². The third kappa shape index (κ3) is 5.12. The Hall–Kier alpha value is -1.73. The van der Waals surface area contributed by atoms with Crippen molar-refractivity contribution in [1.29, 1.82) is 0 Å². The number of nitrogens with two attached hydrogens (primary N) is 2. The lowest BCUT2D eigenvalue weighted by Crippen LogP contribution is -2.19. The molecule has 5 N–H and O–H groups in total. The molecule has 0 aliphatic carbocycles. The van der Waals surface area contributed by atoms with E-state index in [0.29, 0.717) is 32.3 Å². The molecule has 0 saturated carbocycles. The van der Waals surface area contributed by atoms with Gasteiger partial charge in [0, 0.05) is 33.3 Å². The summed E-state index contributed by atoms with van der Waals surface area (Å²) >= 11 is 12.1. The van der Waals surface area contributed by atoms with E-state index < -0.39 is 10.0 Å². The molecule has 0 aliphatic heterocycles. The monoisotopic (exact) mass is 400 g/mol. The Bertz CT molecular complexity index is 924. The van der Waals surface area contributed by atoms with Crippen LogP contribution in [0.5, 0.6) is 5.75 Å². The van der Waals surface area contributed by atoms with Crippen LogP contribution < -0.4 is 10.9 Å². The summed E-state index contributed by atoms with van der Waals surface area (Å²) in [6, 6.07) is 10.0. The first-order chi connectivity index (χ1) is 11.6. The van der Waals surface area contributed by atoms with Gasteiger partial charge in [-0.15, -0.1) is 0 Å². The van der Waals surface area contributed by atoms with Gasteiger partial charge in [-0.3, -0.25) is 0 Å². The number of allylic oxidation sites excluding steroid dienone is 1. The van der Waals surface area contributed by atoms with Gasteiger partial charge in [0.25, 0.3) is 0 Å². The van der Waals surface area contributed by atoms with Crippen LogP contribution in [-0.4, -0.2) is 19.3 Å². The topological polar surface area (TPSA) is 106 Å². The maximum absolute atomic E-state index is 11.3. The van der Waals surface area contributed by atoms with Crippen molar-refractivity contribution >= 4 is 38.8 Å². The number of aryl methyl sites for hydroxylation is 1. The summed E-state index contributed by atoms with van der Waals surface area (Å²) in [5.41, 5.74) is 8.60. The normalized spacial score (nSPS) is 12.8. The maximum Gasteiger partial charge on any atom is 0.209 e. The average molecular weight is 401 g/mol. The van der Waals surface area contributed by atoms with E-state index in [-0.39, 0.29) is 23.6 Å². The molecule has 0 bridgehead atoms.